The van der Waals surface area contributed by atoms with Crippen LogP contribution in [-0.2, 0) is 9.47 Å². The van der Waals surface area contributed by atoms with Gasteiger partial charge in [0, 0.05) is 13.2 Å². The van der Waals surface area contributed by atoms with Crippen LogP contribution in [0, 0.1) is 0 Å². The van der Waals surface area contributed by atoms with E-state index in [1.807, 2.05) is 0 Å². The molecule has 0 aromatic heterocycles. The Balaban J connectivity index is 1.84. The zero-order valence-electron chi connectivity index (χ0n) is 10.4. The standard InChI is InChI=1S/C14H21NO2/c1-16-9-10-17-13-7-8-15-14(11-13)12-5-3-2-4-6-12/h2-6,13-15H,7-11H2,1H3/t13-,14-/m0/s1. The van der Waals surface area contributed by atoms with Gasteiger partial charge in [0.2, 0.25) is 0 Å². The van der Waals surface area contributed by atoms with E-state index in [1.165, 1.54) is 5.56 Å². The molecule has 1 N–H and O–H groups in total. The Morgan fingerprint density at radius 2 is 2.06 bits per heavy atom. The van der Waals surface area contributed by atoms with E-state index in [0.717, 1.165) is 19.4 Å². The van der Waals surface area contributed by atoms with Crippen LogP contribution in [0.15, 0.2) is 30.3 Å². The molecule has 1 saturated heterocycles. The van der Waals surface area contributed by atoms with Gasteiger partial charge in [-0.1, -0.05) is 30.3 Å². The monoisotopic (exact) mass is 235 g/mol. The molecule has 0 bridgehead atoms. The first-order chi connectivity index (χ1) is 8.40. The summed E-state index contributed by atoms with van der Waals surface area (Å²) in [5.41, 5.74) is 1.35. The summed E-state index contributed by atoms with van der Waals surface area (Å²) in [5, 5.41) is 3.54. The number of piperidine rings is 1. The number of ether oxygens (including phenoxy) is 2. The summed E-state index contributed by atoms with van der Waals surface area (Å²) in [4.78, 5) is 0. The van der Waals surface area contributed by atoms with E-state index >= 15 is 0 Å². The second-order valence-electron chi connectivity index (χ2n) is 4.43. The van der Waals surface area contributed by atoms with Gasteiger partial charge >= 0.3 is 0 Å². The van der Waals surface area contributed by atoms with E-state index in [1.54, 1.807) is 7.11 Å². The fourth-order valence-corrected chi connectivity index (χ4v) is 2.27. The fourth-order valence-electron chi connectivity index (χ4n) is 2.27. The Kier molecular flexibility index (Phi) is 4.98. The molecule has 3 heteroatoms. The van der Waals surface area contributed by atoms with Gasteiger partial charge in [-0.05, 0) is 24.9 Å². The predicted octanol–water partition coefficient (Wildman–Crippen LogP) is 2.14. The minimum Gasteiger partial charge on any atom is -0.382 e. The van der Waals surface area contributed by atoms with Crippen molar-refractivity contribution < 1.29 is 9.47 Å². The van der Waals surface area contributed by atoms with Crippen LogP contribution >= 0.6 is 0 Å². The van der Waals surface area contributed by atoms with Crippen LogP contribution in [0.25, 0.3) is 0 Å². The van der Waals surface area contributed by atoms with E-state index < -0.39 is 0 Å². The maximum atomic E-state index is 5.81. The van der Waals surface area contributed by atoms with Gasteiger partial charge in [0.05, 0.1) is 19.3 Å². The first-order valence-electron chi connectivity index (χ1n) is 6.29. The Morgan fingerprint density at radius 3 is 2.82 bits per heavy atom. The number of hydrogen-bond donors (Lipinski definition) is 1. The molecule has 1 fully saturated rings. The molecule has 1 aliphatic rings. The molecule has 3 nitrogen and oxygen atoms in total. The Hall–Kier alpha value is -0.900. The van der Waals surface area contributed by atoms with Gasteiger partial charge in [0.15, 0.2) is 0 Å². The highest BCUT2D eigenvalue weighted by molar-refractivity contribution is 5.19. The smallest absolute Gasteiger partial charge is 0.0704 e. The molecule has 0 amide bonds. The number of benzene rings is 1. The van der Waals surface area contributed by atoms with E-state index in [0.29, 0.717) is 25.4 Å². The van der Waals surface area contributed by atoms with Crippen molar-refractivity contribution in [3.05, 3.63) is 35.9 Å². The van der Waals surface area contributed by atoms with Gasteiger partial charge < -0.3 is 14.8 Å². The van der Waals surface area contributed by atoms with Crippen LogP contribution in [0.5, 0.6) is 0 Å². The SMILES string of the molecule is COCCO[C@H]1CCN[C@H](c2ccccc2)C1. The van der Waals surface area contributed by atoms with Crippen LogP contribution in [0.1, 0.15) is 24.4 Å². The summed E-state index contributed by atoms with van der Waals surface area (Å²) in [7, 11) is 1.71. The Labute approximate surface area is 103 Å². The molecule has 1 aromatic carbocycles. The summed E-state index contributed by atoms with van der Waals surface area (Å²) in [6, 6.07) is 11.0. The zero-order chi connectivity index (χ0) is 11.9. The number of methoxy groups -OCH3 is 1. The third-order valence-corrected chi connectivity index (χ3v) is 3.20. The summed E-state index contributed by atoms with van der Waals surface area (Å²) in [6.07, 6.45) is 2.50. The second-order valence-corrected chi connectivity index (χ2v) is 4.43. The van der Waals surface area contributed by atoms with Gasteiger partial charge in [0.25, 0.3) is 0 Å². The number of rotatable bonds is 5. The quantitative estimate of drug-likeness (QED) is 0.793. The number of nitrogens with one attached hydrogen (secondary N) is 1. The van der Waals surface area contributed by atoms with Crippen molar-refractivity contribution in [1.82, 2.24) is 5.32 Å². The summed E-state index contributed by atoms with van der Waals surface area (Å²) < 4.78 is 10.8. The lowest BCUT2D eigenvalue weighted by Crippen LogP contribution is -2.36. The lowest BCUT2D eigenvalue weighted by Gasteiger charge is -2.30. The predicted molar refractivity (Wildman–Crippen MR) is 68.0 cm³/mol. The average molecular weight is 235 g/mol. The first kappa shape index (κ1) is 12.6. The maximum absolute atomic E-state index is 5.81. The van der Waals surface area contributed by atoms with Crippen molar-refractivity contribution in [2.24, 2.45) is 0 Å². The molecular weight excluding hydrogens is 214 g/mol. The fraction of sp³-hybridized carbons (Fsp3) is 0.571. The molecule has 0 spiro atoms. The molecule has 0 unspecified atom stereocenters. The topological polar surface area (TPSA) is 30.5 Å². The average Bonchev–Trinajstić information content (AvgIpc) is 2.41. The highest BCUT2D eigenvalue weighted by atomic mass is 16.5. The maximum Gasteiger partial charge on any atom is 0.0704 e. The molecule has 1 aliphatic heterocycles. The minimum absolute atomic E-state index is 0.358. The molecule has 94 valence electrons. The second kappa shape index (κ2) is 6.74. The lowest BCUT2D eigenvalue weighted by atomic mass is 9.95. The van der Waals surface area contributed by atoms with Crippen LogP contribution < -0.4 is 5.32 Å². The summed E-state index contributed by atoms with van der Waals surface area (Å²) >= 11 is 0. The van der Waals surface area contributed by atoms with E-state index in [4.69, 9.17) is 9.47 Å². The van der Waals surface area contributed by atoms with Crippen LogP contribution in [-0.4, -0.2) is 33.0 Å². The molecule has 1 aromatic rings. The lowest BCUT2D eigenvalue weighted by molar-refractivity contribution is -0.00486. The highest BCUT2D eigenvalue weighted by Gasteiger charge is 2.22. The molecule has 0 saturated carbocycles. The van der Waals surface area contributed by atoms with Crippen LogP contribution in [0.4, 0.5) is 0 Å². The van der Waals surface area contributed by atoms with Crippen LogP contribution in [0.3, 0.4) is 0 Å². The van der Waals surface area contributed by atoms with Crippen LogP contribution in [0.2, 0.25) is 0 Å². The van der Waals surface area contributed by atoms with Gasteiger partial charge in [-0.3, -0.25) is 0 Å². The molecular formula is C14H21NO2. The van der Waals surface area contributed by atoms with Gasteiger partial charge in [-0.25, -0.2) is 0 Å². The van der Waals surface area contributed by atoms with Gasteiger partial charge in [0.1, 0.15) is 0 Å². The molecule has 17 heavy (non-hydrogen) atoms. The number of hydrogen-bond acceptors (Lipinski definition) is 3. The Bertz CT molecular complexity index is 315. The van der Waals surface area contributed by atoms with Crippen molar-refractivity contribution in [3.8, 4) is 0 Å². The third kappa shape index (κ3) is 3.80. The van der Waals surface area contributed by atoms with Crippen molar-refractivity contribution in [2.45, 2.75) is 25.0 Å². The molecule has 1 heterocycles. The first-order valence-corrected chi connectivity index (χ1v) is 6.29. The Morgan fingerprint density at radius 1 is 1.24 bits per heavy atom. The zero-order valence-corrected chi connectivity index (χ0v) is 10.4. The normalized spacial score (nSPS) is 24.8. The van der Waals surface area contributed by atoms with Crippen molar-refractivity contribution in [2.75, 3.05) is 26.9 Å². The van der Waals surface area contributed by atoms with E-state index in [9.17, 15) is 0 Å². The summed E-state index contributed by atoms with van der Waals surface area (Å²) in [5.74, 6) is 0. The summed E-state index contributed by atoms with van der Waals surface area (Å²) in [6.45, 7) is 2.40. The van der Waals surface area contributed by atoms with E-state index in [2.05, 4.69) is 35.6 Å². The largest absolute Gasteiger partial charge is 0.382 e. The third-order valence-electron chi connectivity index (χ3n) is 3.20. The molecule has 0 radical (unpaired) electrons. The van der Waals surface area contributed by atoms with Crippen molar-refractivity contribution in [1.29, 1.82) is 0 Å². The molecule has 0 aliphatic carbocycles. The van der Waals surface area contributed by atoms with Crippen molar-refractivity contribution >= 4 is 0 Å². The van der Waals surface area contributed by atoms with E-state index in [-0.39, 0.29) is 0 Å². The minimum atomic E-state index is 0.358. The molecule has 2 atom stereocenters. The van der Waals surface area contributed by atoms with Gasteiger partial charge in [-0.2, -0.15) is 0 Å². The van der Waals surface area contributed by atoms with Gasteiger partial charge in [-0.15, -0.1) is 0 Å². The van der Waals surface area contributed by atoms with Crippen molar-refractivity contribution in [3.63, 3.8) is 0 Å². The molecule has 2 rings (SSSR count). The highest BCUT2D eigenvalue weighted by Crippen LogP contribution is 2.24.